The molecular formula is C19H30F2O. The van der Waals surface area contributed by atoms with Gasteiger partial charge in [0.2, 0.25) is 0 Å². The molecular weight excluding hydrogens is 282 g/mol. The van der Waals surface area contributed by atoms with Crippen molar-refractivity contribution in [3.63, 3.8) is 0 Å². The summed E-state index contributed by atoms with van der Waals surface area (Å²) in [6, 6.07) is 4.04. The van der Waals surface area contributed by atoms with Gasteiger partial charge >= 0.3 is 0 Å². The van der Waals surface area contributed by atoms with Crippen LogP contribution in [0.2, 0.25) is 0 Å². The van der Waals surface area contributed by atoms with E-state index in [9.17, 15) is 13.6 Å². The number of ketones is 1. The molecule has 1 rings (SSSR count). The van der Waals surface area contributed by atoms with E-state index >= 15 is 0 Å². The van der Waals surface area contributed by atoms with Crippen LogP contribution < -0.4 is 0 Å². The predicted octanol–water partition coefficient (Wildman–Crippen LogP) is 5.96. The van der Waals surface area contributed by atoms with Crippen LogP contribution in [-0.2, 0) is 11.2 Å². The van der Waals surface area contributed by atoms with Crippen LogP contribution in [0.4, 0.5) is 8.78 Å². The zero-order valence-electron chi connectivity index (χ0n) is 14.6. The molecule has 0 fully saturated rings. The van der Waals surface area contributed by atoms with Crippen LogP contribution in [0.5, 0.6) is 0 Å². The van der Waals surface area contributed by atoms with Gasteiger partial charge in [-0.2, -0.15) is 0 Å². The molecule has 0 amide bonds. The summed E-state index contributed by atoms with van der Waals surface area (Å²) in [6.45, 7) is 10.1. The van der Waals surface area contributed by atoms with Gasteiger partial charge in [0, 0.05) is 12.8 Å². The minimum atomic E-state index is -0.812. The van der Waals surface area contributed by atoms with Crippen molar-refractivity contribution in [2.24, 2.45) is 11.8 Å². The van der Waals surface area contributed by atoms with E-state index in [2.05, 4.69) is 13.8 Å². The van der Waals surface area contributed by atoms with Gasteiger partial charge in [-0.3, -0.25) is 4.79 Å². The molecule has 1 nitrogen and oxygen atoms in total. The first-order valence-electron chi connectivity index (χ1n) is 8.43. The number of carbonyl (C=O) groups excluding carboxylic acids is 1. The number of hydrogen-bond acceptors (Lipinski definition) is 1. The monoisotopic (exact) mass is 312 g/mol. The van der Waals surface area contributed by atoms with Crippen LogP contribution in [0.25, 0.3) is 0 Å². The third-order valence-electron chi connectivity index (χ3n) is 4.12. The molecule has 0 aliphatic rings. The van der Waals surface area contributed by atoms with E-state index in [1.165, 1.54) is 12.1 Å². The van der Waals surface area contributed by atoms with Crippen molar-refractivity contribution in [3.8, 4) is 0 Å². The third kappa shape index (κ3) is 7.15. The molecule has 0 spiro atoms. The highest BCUT2D eigenvalue weighted by Crippen LogP contribution is 2.25. The highest BCUT2D eigenvalue weighted by Gasteiger charge is 2.18. The van der Waals surface area contributed by atoms with Crippen molar-refractivity contribution in [1.82, 2.24) is 0 Å². The maximum atomic E-state index is 13.2. The van der Waals surface area contributed by atoms with Crippen molar-refractivity contribution >= 4 is 5.78 Å². The molecule has 0 saturated carbocycles. The summed E-state index contributed by atoms with van der Waals surface area (Å²) < 4.78 is 26.0. The standard InChI is InChI=1S/C17H24F2O.C2H6/c1-4-12(3)14(11-15(20)5-2)8-6-13-7-9-16(18)17(19)10-13;1-2/h7,9-10,12,14H,4-6,8,11H2,1-3H3;1-2H3. The summed E-state index contributed by atoms with van der Waals surface area (Å²) >= 11 is 0. The molecule has 1 aromatic carbocycles. The maximum Gasteiger partial charge on any atom is 0.159 e. The van der Waals surface area contributed by atoms with E-state index in [4.69, 9.17) is 0 Å². The first kappa shape index (κ1) is 20.8. The lowest BCUT2D eigenvalue weighted by molar-refractivity contribution is -0.120. The fraction of sp³-hybridized carbons (Fsp3) is 0.632. The second kappa shape index (κ2) is 11.3. The smallest absolute Gasteiger partial charge is 0.159 e. The Morgan fingerprint density at radius 1 is 1.14 bits per heavy atom. The van der Waals surface area contributed by atoms with Gasteiger partial charge in [0.15, 0.2) is 11.6 Å². The quantitative estimate of drug-likeness (QED) is 0.579. The molecule has 1 aromatic rings. The van der Waals surface area contributed by atoms with Crippen LogP contribution in [-0.4, -0.2) is 5.78 Å². The minimum Gasteiger partial charge on any atom is -0.300 e. The Labute approximate surface area is 134 Å². The summed E-state index contributed by atoms with van der Waals surface area (Å²) in [5, 5.41) is 0. The van der Waals surface area contributed by atoms with Crippen LogP contribution >= 0.6 is 0 Å². The summed E-state index contributed by atoms with van der Waals surface area (Å²) in [7, 11) is 0. The molecule has 126 valence electrons. The van der Waals surface area contributed by atoms with Gasteiger partial charge in [-0.05, 0) is 42.4 Å². The Bertz CT molecular complexity index is 443. The van der Waals surface area contributed by atoms with E-state index in [-0.39, 0.29) is 5.78 Å². The molecule has 0 bridgehead atoms. The van der Waals surface area contributed by atoms with Gasteiger partial charge in [-0.25, -0.2) is 8.78 Å². The molecule has 0 radical (unpaired) electrons. The molecule has 0 aliphatic heterocycles. The fourth-order valence-corrected chi connectivity index (χ4v) is 2.41. The molecule has 0 N–H and O–H groups in total. The lowest BCUT2D eigenvalue weighted by Crippen LogP contribution is -2.16. The number of rotatable bonds is 8. The Hall–Kier alpha value is -1.25. The molecule has 0 aliphatic carbocycles. The normalized spacial score (nSPS) is 13.0. The van der Waals surface area contributed by atoms with Crippen molar-refractivity contribution in [1.29, 1.82) is 0 Å². The van der Waals surface area contributed by atoms with Crippen LogP contribution in [0.3, 0.4) is 0 Å². The van der Waals surface area contributed by atoms with Crippen molar-refractivity contribution in [2.75, 3.05) is 0 Å². The van der Waals surface area contributed by atoms with Gasteiger partial charge in [0.25, 0.3) is 0 Å². The molecule has 0 saturated heterocycles. The number of Topliss-reactive ketones (excluding diaryl/α,β-unsaturated/α-hetero) is 1. The Morgan fingerprint density at radius 3 is 2.27 bits per heavy atom. The zero-order chi connectivity index (χ0) is 17.1. The second-order valence-electron chi connectivity index (χ2n) is 5.53. The van der Waals surface area contributed by atoms with Gasteiger partial charge in [-0.15, -0.1) is 0 Å². The van der Waals surface area contributed by atoms with E-state index in [1.54, 1.807) is 6.07 Å². The second-order valence-corrected chi connectivity index (χ2v) is 5.53. The average molecular weight is 312 g/mol. The average Bonchev–Trinajstić information content (AvgIpc) is 2.55. The highest BCUT2D eigenvalue weighted by atomic mass is 19.2. The Kier molecular flexibility index (Phi) is 10.7. The van der Waals surface area contributed by atoms with Crippen LogP contribution in [0.15, 0.2) is 18.2 Å². The van der Waals surface area contributed by atoms with E-state index < -0.39 is 11.6 Å². The van der Waals surface area contributed by atoms with E-state index in [0.29, 0.717) is 31.1 Å². The summed E-state index contributed by atoms with van der Waals surface area (Å²) in [5.74, 6) is -0.544. The largest absolute Gasteiger partial charge is 0.300 e. The lowest BCUT2D eigenvalue weighted by atomic mass is 9.83. The van der Waals surface area contributed by atoms with Crippen molar-refractivity contribution in [2.45, 2.75) is 66.7 Å². The molecule has 3 heteroatoms. The van der Waals surface area contributed by atoms with E-state index in [0.717, 1.165) is 18.4 Å². The van der Waals surface area contributed by atoms with Gasteiger partial charge in [-0.1, -0.05) is 47.1 Å². The van der Waals surface area contributed by atoms with Crippen LogP contribution in [0, 0.1) is 23.5 Å². The molecule has 2 atom stereocenters. The van der Waals surface area contributed by atoms with Gasteiger partial charge in [0.05, 0.1) is 0 Å². The summed E-state index contributed by atoms with van der Waals surface area (Å²) in [5.41, 5.74) is 0.793. The molecule has 0 heterocycles. The molecule has 0 aromatic heterocycles. The number of halogens is 2. The number of carbonyl (C=O) groups is 1. The molecule has 2 unspecified atom stereocenters. The van der Waals surface area contributed by atoms with E-state index in [1.807, 2.05) is 20.8 Å². The van der Waals surface area contributed by atoms with Gasteiger partial charge in [0.1, 0.15) is 5.78 Å². The summed E-state index contributed by atoms with van der Waals surface area (Å²) in [4.78, 5) is 11.6. The summed E-state index contributed by atoms with van der Waals surface area (Å²) in [6.07, 6.45) is 3.71. The SMILES string of the molecule is CC.CCC(=O)CC(CCc1ccc(F)c(F)c1)C(C)CC. The highest BCUT2D eigenvalue weighted by molar-refractivity contribution is 5.78. The third-order valence-corrected chi connectivity index (χ3v) is 4.12. The van der Waals surface area contributed by atoms with Crippen molar-refractivity contribution < 1.29 is 13.6 Å². The van der Waals surface area contributed by atoms with Crippen molar-refractivity contribution in [3.05, 3.63) is 35.4 Å². The first-order chi connectivity index (χ1) is 10.5. The maximum absolute atomic E-state index is 13.2. The van der Waals surface area contributed by atoms with Gasteiger partial charge < -0.3 is 0 Å². The predicted molar refractivity (Wildman–Crippen MR) is 88.9 cm³/mol. The fourth-order valence-electron chi connectivity index (χ4n) is 2.41. The number of benzene rings is 1. The lowest BCUT2D eigenvalue weighted by Gasteiger charge is -2.22. The number of aryl methyl sites for hydroxylation is 1. The molecule has 22 heavy (non-hydrogen) atoms. The Balaban J connectivity index is 0.00000211. The minimum absolute atomic E-state index is 0.278. The first-order valence-corrected chi connectivity index (χ1v) is 8.43. The Morgan fingerprint density at radius 2 is 1.77 bits per heavy atom. The van der Waals surface area contributed by atoms with Crippen LogP contribution in [0.1, 0.15) is 65.9 Å². The topological polar surface area (TPSA) is 17.1 Å². The zero-order valence-corrected chi connectivity index (χ0v) is 14.6. The number of hydrogen-bond donors (Lipinski definition) is 0.